The van der Waals surface area contributed by atoms with Gasteiger partial charge < -0.3 is 9.64 Å². The summed E-state index contributed by atoms with van der Waals surface area (Å²) in [6, 6.07) is 11.4. The Kier molecular flexibility index (Phi) is 4.13. The van der Waals surface area contributed by atoms with Crippen LogP contribution in [0.3, 0.4) is 0 Å². The first-order valence-electron chi connectivity index (χ1n) is 8.22. The molecule has 22 heavy (non-hydrogen) atoms. The van der Waals surface area contributed by atoms with Crippen molar-refractivity contribution >= 4 is 6.09 Å². The lowest BCUT2D eigenvalue weighted by atomic mass is 10.1. The maximum Gasteiger partial charge on any atom is 0.410 e. The minimum Gasteiger partial charge on any atom is -0.444 e. The Morgan fingerprint density at radius 2 is 1.82 bits per heavy atom. The van der Waals surface area contributed by atoms with Crippen LogP contribution in [0.4, 0.5) is 4.79 Å². The monoisotopic (exact) mass is 302 g/mol. The topological polar surface area (TPSA) is 32.8 Å². The zero-order valence-corrected chi connectivity index (χ0v) is 13.8. The Morgan fingerprint density at radius 3 is 2.50 bits per heavy atom. The largest absolute Gasteiger partial charge is 0.444 e. The van der Waals surface area contributed by atoms with Gasteiger partial charge in [0, 0.05) is 25.7 Å². The van der Waals surface area contributed by atoms with E-state index in [9.17, 15) is 4.79 Å². The number of likely N-dealkylation sites (tertiary alicyclic amines) is 2. The highest BCUT2D eigenvalue weighted by molar-refractivity contribution is 5.69. The van der Waals surface area contributed by atoms with Gasteiger partial charge in [0.05, 0.1) is 6.04 Å². The van der Waals surface area contributed by atoms with Crippen LogP contribution in [-0.4, -0.2) is 46.7 Å². The first-order valence-corrected chi connectivity index (χ1v) is 8.22. The van der Waals surface area contributed by atoms with E-state index in [-0.39, 0.29) is 6.09 Å². The number of carbonyl (C=O) groups excluding carboxylic acids is 1. The number of nitrogens with zero attached hydrogens (tertiary/aromatic N) is 2. The second kappa shape index (κ2) is 5.92. The van der Waals surface area contributed by atoms with Crippen LogP contribution in [0.25, 0.3) is 0 Å². The normalized spacial score (nSPS) is 25.3. The van der Waals surface area contributed by atoms with E-state index in [4.69, 9.17) is 4.74 Å². The number of amides is 1. The Hall–Kier alpha value is -1.55. The maximum atomic E-state index is 12.4. The van der Waals surface area contributed by atoms with Gasteiger partial charge in [-0.3, -0.25) is 4.90 Å². The Morgan fingerprint density at radius 1 is 1.14 bits per heavy atom. The fourth-order valence-corrected chi connectivity index (χ4v) is 3.64. The molecular formula is C18H26N2O2. The third-order valence-corrected chi connectivity index (χ3v) is 4.55. The van der Waals surface area contributed by atoms with Crippen molar-refractivity contribution in [3.05, 3.63) is 35.9 Å². The van der Waals surface area contributed by atoms with Gasteiger partial charge in [0.15, 0.2) is 0 Å². The van der Waals surface area contributed by atoms with Gasteiger partial charge in [-0.1, -0.05) is 30.3 Å². The number of carbonyl (C=O) groups is 1. The van der Waals surface area contributed by atoms with E-state index < -0.39 is 5.60 Å². The second-order valence-corrected chi connectivity index (χ2v) is 7.34. The van der Waals surface area contributed by atoms with Crippen molar-refractivity contribution < 1.29 is 9.53 Å². The van der Waals surface area contributed by atoms with E-state index in [0.717, 1.165) is 32.5 Å². The fraction of sp³-hybridized carbons (Fsp3) is 0.611. The Bertz CT molecular complexity index is 524. The third kappa shape index (κ3) is 3.27. The van der Waals surface area contributed by atoms with Crippen molar-refractivity contribution in [1.82, 2.24) is 9.80 Å². The van der Waals surface area contributed by atoms with Crippen LogP contribution in [-0.2, 0) is 11.3 Å². The maximum absolute atomic E-state index is 12.4. The molecule has 2 heterocycles. The van der Waals surface area contributed by atoms with Crippen LogP contribution in [0.15, 0.2) is 30.3 Å². The number of hydrogen-bond donors (Lipinski definition) is 0. The lowest BCUT2D eigenvalue weighted by Gasteiger charge is -2.28. The minimum atomic E-state index is -0.419. The number of fused-ring (bicyclic) bond motifs is 1. The standard InChI is InChI=1S/C18H26N2O2/c1-18(2,3)22-17(21)20-12-10-15-16(20)9-11-19(15)13-14-7-5-4-6-8-14/h4-8,15-16H,9-13H2,1-3H3. The quantitative estimate of drug-likeness (QED) is 0.840. The number of rotatable bonds is 2. The molecule has 0 spiro atoms. The van der Waals surface area contributed by atoms with Gasteiger partial charge in [-0.25, -0.2) is 4.79 Å². The molecule has 2 saturated heterocycles. The van der Waals surface area contributed by atoms with Gasteiger partial charge in [0.2, 0.25) is 0 Å². The van der Waals surface area contributed by atoms with Crippen LogP contribution >= 0.6 is 0 Å². The first-order chi connectivity index (χ1) is 10.4. The van der Waals surface area contributed by atoms with Gasteiger partial charge in [-0.05, 0) is 39.2 Å². The molecule has 2 fully saturated rings. The van der Waals surface area contributed by atoms with Crippen LogP contribution in [0.1, 0.15) is 39.2 Å². The average Bonchev–Trinajstić information content (AvgIpc) is 3.01. The molecule has 2 atom stereocenters. The summed E-state index contributed by atoms with van der Waals surface area (Å²) in [6.07, 6.45) is 1.95. The third-order valence-electron chi connectivity index (χ3n) is 4.55. The molecule has 4 nitrogen and oxygen atoms in total. The molecule has 2 unspecified atom stereocenters. The van der Waals surface area contributed by atoms with E-state index in [1.807, 2.05) is 25.7 Å². The number of ether oxygens (including phenoxy) is 1. The smallest absolute Gasteiger partial charge is 0.410 e. The average molecular weight is 302 g/mol. The lowest BCUT2D eigenvalue weighted by Crippen LogP contribution is -2.42. The van der Waals surface area contributed by atoms with Gasteiger partial charge in [0.1, 0.15) is 5.60 Å². The summed E-state index contributed by atoms with van der Waals surface area (Å²) in [7, 11) is 0. The van der Waals surface area contributed by atoms with Gasteiger partial charge in [0.25, 0.3) is 0 Å². The summed E-state index contributed by atoms with van der Waals surface area (Å²) < 4.78 is 5.55. The molecule has 1 amide bonds. The van der Waals surface area contributed by atoms with E-state index in [1.165, 1.54) is 5.56 Å². The van der Waals surface area contributed by atoms with Crippen molar-refractivity contribution in [2.24, 2.45) is 0 Å². The Labute approximate surface area is 133 Å². The summed E-state index contributed by atoms with van der Waals surface area (Å²) >= 11 is 0. The highest BCUT2D eigenvalue weighted by Gasteiger charge is 2.45. The van der Waals surface area contributed by atoms with E-state index in [2.05, 4.69) is 35.2 Å². The van der Waals surface area contributed by atoms with Crippen molar-refractivity contribution in [3.63, 3.8) is 0 Å². The molecule has 0 aromatic heterocycles. The van der Waals surface area contributed by atoms with Gasteiger partial charge >= 0.3 is 6.09 Å². The van der Waals surface area contributed by atoms with Crippen molar-refractivity contribution in [3.8, 4) is 0 Å². The molecule has 0 N–H and O–H groups in total. The minimum absolute atomic E-state index is 0.151. The van der Waals surface area contributed by atoms with E-state index in [1.54, 1.807) is 0 Å². The predicted molar refractivity (Wildman–Crippen MR) is 86.6 cm³/mol. The number of hydrogen-bond acceptors (Lipinski definition) is 3. The molecule has 2 aliphatic rings. The van der Waals surface area contributed by atoms with Crippen LogP contribution in [0.5, 0.6) is 0 Å². The lowest BCUT2D eigenvalue weighted by molar-refractivity contribution is 0.0223. The predicted octanol–water partition coefficient (Wildman–Crippen LogP) is 3.27. The van der Waals surface area contributed by atoms with Crippen LogP contribution < -0.4 is 0 Å². The summed E-state index contributed by atoms with van der Waals surface area (Å²) in [5.74, 6) is 0. The fourth-order valence-electron chi connectivity index (χ4n) is 3.64. The van der Waals surface area contributed by atoms with Gasteiger partial charge in [-0.2, -0.15) is 0 Å². The molecule has 0 saturated carbocycles. The molecular weight excluding hydrogens is 276 g/mol. The summed E-state index contributed by atoms with van der Waals surface area (Å²) in [5.41, 5.74) is 0.927. The zero-order chi connectivity index (χ0) is 15.7. The molecule has 0 bridgehead atoms. The molecule has 2 aliphatic heterocycles. The molecule has 0 aliphatic carbocycles. The number of benzene rings is 1. The van der Waals surface area contributed by atoms with E-state index in [0.29, 0.717) is 12.1 Å². The Balaban J connectivity index is 1.63. The summed E-state index contributed by atoms with van der Waals surface area (Å²) in [4.78, 5) is 16.8. The highest BCUT2D eigenvalue weighted by atomic mass is 16.6. The highest BCUT2D eigenvalue weighted by Crippen LogP contribution is 2.33. The molecule has 1 aromatic carbocycles. The second-order valence-electron chi connectivity index (χ2n) is 7.34. The molecule has 3 rings (SSSR count). The molecule has 4 heteroatoms. The zero-order valence-electron chi connectivity index (χ0n) is 13.8. The van der Waals surface area contributed by atoms with Crippen LogP contribution in [0.2, 0.25) is 0 Å². The molecule has 1 aromatic rings. The van der Waals surface area contributed by atoms with Crippen LogP contribution in [0, 0.1) is 0 Å². The van der Waals surface area contributed by atoms with Crippen molar-refractivity contribution in [2.45, 2.75) is 57.8 Å². The summed E-state index contributed by atoms with van der Waals surface area (Å²) in [6.45, 7) is 8.63. The summed E-state index contributed by atoms with van der Waals surface area (Å²) in [5, 5.41) is 0. The first kappa shape index (κ1) is 15.3. The van der Waals surface area contributed by atoms with Crippen molar-refractivity contribution in [1.29, 1.82) is 0 Å². The van der Waals surface area contributed by atoms with E-state index >= 15 is 0 Å². The molecule has 120 valence electrons. The van der Waals surface area contributed by atoms with Gasteiger partial charge in [-0.15, -0.1) is 0 Å². The SMILES string of the molecule is CC(C)(C)OC(=O)N1CCC2C1CCN2Cc1ccccc1. The molecule has 0 radical (unpaired) electrons. The van der Waals surface area contributed by atoms with Crippen molar-refractivity contribution in [2.75, 3.05) is 13.1 Å².